The maximum atomic E-state index is 12.9. The van der Waals surface area contributed by atoms with Gasteiger partial charge in [0.05, 0.1) is 40.6 Å². The number of carbonyl (C=O) groups excluding carboxylic acids is 1. The summed E-state index contributed by atoms with van der Waals surface area (Å²) in [6.07, 6.45) is 1.66. The molecule has 1 heterocycles. The second kappa shape index (κ2) is 8.47. The largest absolute Gasteiger partial charge is 0.493 e. The molecule has 10 heteroatoms. The van der Waals surface area contributed by atoms with Gasteiger partial charge < -0.3 is 9.47 Å². The Labute approximate surface area is 179 Å². The highest BCUT2D eigenvalue weighted by Crippen LogP contribution is 2.37. The number of anilines is 1. The van der Waals surface area contributed by atoms with E-state index in [0.29, 0.717) is 45.7 Å². The molecule has 3 rings (SSSR count). The van der Waals surface area contributed by atoms with Gasteiger partial charge in [-0.15, -0.1) is 0 Å². The number of rotatable bonds is 6. The zero-order chi connectivity index (χ0) is 22.1. The summed E-state index contributed by atoms with van der Waals surface area (Å²) in [5, 5.41) is 10.9. The lowest BCUT2D eigenvalue weighted by Gasteiger charge is -2.13. The van der Waals surface area contributed by atoms with Crippen LogP contribution >= 0.6 is 11.6 Å². The molecule has 0 aromatic heterocycles. The van der Waals surface area contributed by atoms with Gasteiger partial charge in [0.2, 0.25) is 10.0 Å². The third-order valence-electron chi connectivity index (χ3n) is 4.32. The Morgan fingerprint density at radius 3 is 2.47 bits per heavy atom. The van der Waals surface area contributed by atoms with Crippen LogP contribution in [0.5, 0.6) is 11.5 Å². The normalized spacial score (nSPS) is 15.5. The number of benzene rings is 2. The number of amides is 1. The van der Waals surface area contributed by atoms with Crippen LogP contribution in [0.3, 0.4) is 0 Å². The molecule has 1 aliphatic heterocycles. The van der Waals surface area contributed by atoms with Crippen molar-refractivity contribution < 1.29 is 22.7 Å². The predicted molar refractivity (Wildman–Crippen MR) is 116 cm³/mol. The average molecular weight is 450 g/mol. The molecule has 0 bridgehead atoms. The molecule has 0 saturated heterocycles. The molecule has 0 saturated carbocycles. The quantitative estimate of drug-likeness (QED) is 0.680. The minimum absolute atomic E-state index is 0.0505. The van der Waals surface area contributed by atoms with Crippen molar-refractivity contribution >= 4 is 45.0 Å². The average Bonchev–Trinajstić information content (AvgIpc) is 2.97. The van der Waals surface area contributed by atoms with Crippen LogP contribution in [0.1, 0.15) is 19.4 Å². The van der Waals surface area contributed by atoms with Crippen molar-refractivity contribution in [1.29, 1.82) is 0 Å². The van der Waals surface area contributed by atoms with E-state index in [1.165, 1.54) is 36.4 Å². The molecule has 0 unspecified atom stereocenters. The number of primary sulfonamides is 1. The lowest BCUT2D eigenvalue weighted by atomic mass is 10.1. The van der Waals surface area contributed by atoms with E-state index in [4.69, 9.17) is 26.2 Å². The molecule has 2 aromatic carbocycles. The monoisotopic (exact) mass is 449 g/mol. The molecule has 8 nitrogen and oxygen atoms in total. The van der Waals surface area contributed by atoms with Crippen LogP contribution in [0.4, 0.5) is 5.69 Å². The van der Waals surface area contributed by atoms with Gasteiger partial charge in [-0.2, -0.15) is 10.1 Å². The summed E-state index contributed by atoms with van der Waals surface area (Å²) < 4.78 is 33.7. The predicted octanol–water partition coefficient (Wildman–Crippen LogP) is 3.20. The van der Waals surface area contributed by atoms with Crippen molar-refractivity contribution in [3.63, 3.8) is 0 Å². The van der Waals surface area contributed by atoms with Crippen molar-refractivity contribution in [2.75, 3.05) is 18.7 Å². The lowest BCUT2D eigenvalue weighted by Crippen LogP contribution is -2.21. The number of nitrogens with zero attached hydrogens (tertiary/aromatic N) is 2. The van der Waals surface area contributed by atoms with Crippen LogP contribution in [0.2, 0.25) is 5.02 Å². The smallest absolute Gasteiger partial charge is 0.280 e. The van der Waals surface area contributed by atoms with Crippen LogP contribution < -0.4 is 19.6 Å². The number of methoxy groups -OCH3 is 1. The Morgan fingerprint density at radius 1 is 1.23 bits per heavy atom. The fourth-order valence-corrected chi connectivity index (χ4v) is 3.70. The number of sulfonamides is 1. The van der Waals surface area contributed by atoms with Gasteiger partial charge in [0.15, 0.2) is 11.5 Å². The van der Waals surface area contributed by atoms with Gasteiger partial charge in [-0.3, -0.25) is 4.79 Å². The number of hydrogen-bond acceptors (Lipinski definition) is 6. The van der Waals surface area contributed by atoms with Gasteiger partial charge >= 0.3 is 0 Å². The van der Waals surface area contributed by atoms with E-state index in [-0.39, 0.29) is 10.8 Å². The highest BCUT2D eigenvalue weighted by atomic mass is 35.5. The van der Waals surface area contributed by atoms with E-state index < -0.39 is 10.0 Å². The van der Waals surface area contributed by atoms with E-state index in [0.717, 1.165) is 0 Å². The summed E-state index contributed by atoms with van der Waals surface area (Å²) >= 11 is 6.31. The van der Waals surface area contributed by atoms with E-state index in [1.54, 1.807) is 25.1 Å². The summed E-state index contributed by atoms with van der Waals surface area (Å²) in [5.41, 5.74) is 1.93. The van der Waals surface area contributed by atoms with Crippen molar-refractivity contribution in [3.05, 3.63) is 52.6 Å². The van der Waals surface area contributed by atoms with E-state index in [1.807, 2.05) is 6.92 Å². The maximum absolute atomic E-state index is 12.9. The Morgan fingerprint density at radius 2 is 1.90 bits per heavy atom. The van der Waals surface area contributed by atoms with Crippen LogP contribution in [-0.4, -0.2) is 33.8 Å². The van der Waals surface area contributed by atoms with E-state index >= 15 is 0 Å². The van der Waals surface area contributed by atoms with Gasteiger partial charge in [-0.05, 0) is 61.9 Å². The number of hydrazone groups is 1. The van der Waals surface area contributed by atoms with Crippen LogP contribution in [0, 0.1) is 0 Å². The first-order chi connectivity index (χ1) is 14.2. The van der Waals surface area contributed by atoms with Crippen LogP contribution in [0.15, 0.2) is 52.0 Å². The third-order valence-corrected chi connectivity index (χ3v) is 5.53. The molecular formula is C20H20ClN3O5S. The van der Waals surface area contributed by atoms with Gasteiger partial charge in [-0.1, -0.05) is 11.6 Å². The summed E-state index contributed by atoms with van der Waals surface area (Å²) in [7, 11) is -2.32. The summed E-state index contributed by atoms with van der Waals surface area (Å²) in [4.78, 5) is 12.9. The maximum Gasteiger partial charge on any atom is 0.280 e. The highest BCUT2D eigenvalue weighted by Gasteiger charge is 2.29. The molecule has 0 spiro atoms. The molecule has 0 aliphatic carbocycles. The molecule has 1 aliphatic rings. The molecular weight excluding hydrogens is 430 g/mol. The first-order valence-corrected chi connectivity index (χ1v) is 10.8. The summed E-state index contributed by atoms with van der Waals surface area (Å²) in [5.74, 6) is 0.523. The molecule has 2 aromatic rings. The molecule has 0 fully saturated rings. The van der Waals surface area contributed by atoms with Crippen molar-refractivity contribution in [3.8, 4) is 11.5 Å². The first-order valence-electron chi connectivity index (χ1n) is 8.90. The molecule has 30 heavy (non-hydrogen) atoms. The molecule has 0 atom stereocenters. The standard InChI is InChI=1S/C20H20ClN3O5S/c1-4-29-19-17(21)10-13(11-18(19)28-3)9-16-12(2)23-24(20(16)25)14-5-7-15(8-6-14)30(22,26)27/h5-11H,4H2,1-3H3,(H2,22,26,27)/b16-9+. The summed E-state index contributed by atoms with van der Waals surface area (Å²) in [6.45, 7) is 3.97. The Hall–Kier alpha value is -2.88. The van der Waals surface area contributed by atoms with Gasteiger partial charge in [0.1, 0.15) is 0 Å². The molecule has 2 N–H and O–H groups in total. The molecule has 0 radical (unpaired) electrons. The van der Waals surface area contributed by atoms with Gasteiger partial charge in [0.25, 0.3) is 5.91 Å². The van der Waals surface area contributed by atoms with Crippen LogP contribution in [-0.2, 0) is 14.8 Å². The zero-order valence-corrected chi connectivity index (χ0v) is 18.1. The zero-order valence-electron chi connectivity index (χ0n) is 16.5. The van der Waals surface area contributed by atoms with Crippen molar-refractivity contribution in [1.82, 2.24) is 0 Å². The van der Waals surface area contributed by atoms with Gasteiger partial charge in [-0.25, -0.2) is 13.6 Å². The number of halogens is 1. The van der Waals surface area contributed by atoms with E-state index in [9.17, 15) is 13.2 Å². The highest BCUT2D eigenvalue weighted by molar-refractivity contribution is 7.89. The minimum Gasteiger partial charge on any atom is -0.493 e. The number of hydrogen-bond donors (Lipinski definition) is 1. The number of nitrogens with two attached hydrogens (primary N) is 1. The second-order valence-electron chi connectivity index (χ2n) is 6.37. The molecule has 158 valence electrons. The fraction of sp³-hybridized carbons (Fsp3) is 0.200. The second-order valence-corrected chi connectivity index (χ2v) is 8.34. The van der Waals surface area contributed by atoms with Gasteiger partial charge in [0, 0.05) is 0 Å². The Bertz CT molecular complexity index is 1160. The van der Waals surface area contributed by atoms with E-state index in [2.05, 4.69) is 5.10 Å². The van der Waals surface area contributed by atoms with Crippen LogP contribution in [0.25, 0.3) is 6.08 Å². The van der Waals surface area contributed by atoms with Crippen molar-refractivity contribution in [2.45, 2.75) is 18.7 Å². The fourth-order valence-electron chi connectivity index (χ4n) is 2.91. The summed E-state index contributed by atoms with van der Waals surface area (Å²) in [6, 6.07) is 8.96. The number of carbonyl (C=O) groups is 1. The SMILES string of the molecule is CCOc1c(Cl)cc(/C=C2/C(=O)N(c3ccc(S(N)(=O)=O)cc3)N=C2C)cc1OC. The minimum atomic E-state index is -3.82. The lowest BCUT2D eigenvalue weighted by molar-refractivity contribution is -0.114. The Balaban J connectivity index is 1.94. The first kappa shape index (κ1) is 21.8. The third kappa shape index (κ3) is 4.33. The van der Waals surface area contributed by atoms with Crippen molar-refractivity contribution in [2.24, 2.45) is 10.2 Å². The number of ether oxygens (including phenoxy) is 2. The topological polar surface area (TPSA) is 111 Å². The Kier molecular flexibility index (Phi) is 6.16. The molecule has 1 amide bonds.